The Balaban J connectivity index is 1.38. The highest BCUT2D eigenvalue weighted by Crippen LogP contribution is 2.21. The number of aryl methyl sites for hydroxylation is 1. The molecule has 0 spiro atoms. The van der Waals surface area contributed by atoms with Crippen molar-refractivity contribution in [1.82, 2.24) is 41.0 Å². The fourth-order valence-corrected chi connectivity index (χ4v) is 2.75. The van der Waals surface area contributed by atoms with Gasteiger partial charge in [-0.05, 0) is 31.9 Å². The molecule has 3 rings (SSSR count). The molecule has 1 aliphatic rings. The number of amides is 1. The van der Waals surface area contributed by atoms with Crippen molar-refractivity contribution in [2.24, 2.45) is 0 Å². The van der Waals surface area contributed by atoms with Crippen molar-refractivity contribution >= 4 is 5.91 Å². The lowest BCUT2D eigenvalue weighted by Gasteiger charge is -2.20. The smallest absolute Gasteiger partial charge is 0.241 e. The molecule has 9 heteroatoms. The number of piperidine rings is 1. The number of aromatic amines is 1. The summed E-state index contributed by atoms with van der Waals surface area (Å²) in [5, 5.41) is 24.4. The highest BCUT2D eigenvalue weighted by Gasteiger charge is 2.17. The first-order chi connectivity index (χ1) is 11.3. The third-order valence-corrected chi connectivity index (χ3v) is 3.97. The van der Waals surface area contributed by atoms with Crippen molar-refractivity contribution in [1.29, 1.82) is 0 Å². The molecule has 3 heterocycles. The molecule has 0 radical (unpaired) electrons. The largest absolute Gasteiger partial charge is 0.354 e. The molecule has 124 valence electrons. The Kier molecular flexibility index (Phi) is 5.30. The third-order valence-electron chi connectivity index (χ3n) is 3.97. The molecule has 0 saturated carbocycles. The van der Waals surface area contributed by atoms with Crippen LogP contribution in [0.1, 0.15) is 36.7 Å². The average molecular weight is 318 g/mol. The molecule has 1 fully saturated rings. The minimum atomic E-state index is -0.0328. The van der Waals surface area contributed by atoms with E-state index in [0.29, 0.717) is 24.7 Å². The summed E-state index contributed by atoms with van der Waals surface area (Å²) in [4.78, 5) is 11.9. The van der Waals surface area contributed by atoms with Crippen molar-refractivity contribution in [3.05, 3.63) is 23.8 Å². The van der Waals surface area contributed by atoms with Crippen molar-refractivity contribution < 1.29 is 4.79 Å². The normalized spacial score (nSPS) is 18.0. The van der Waals surface area contributed by atoms with E-state index in [1.165, 1.54) is 6.42 Å². The van der Waals surface area contributed by atoms with E-state index in [0.717, 1.165) is 31.6 Å². The molecule has 3 N–H and O–H groups in total. The number of hydrogen-bond donors (Lipinski definition) is 3. The van der Waals surface area contributed by atoms with E-state index in [4.69, 9.17) is 0 Å². The highest BCUT2D eigenvalue weighted by atomic mass is 16.2. The van der Waals surface area contributed by atoms with E-state index in [-0.39, 0.29) is 12.5 Å². The van der Waals surface area contributed by atoms with Gasteiger partial charge in [0.2, 0.25) is 5.91 Å². The van der Waals surface area contributed by atoms with Gasteiger partial charge in [0, 0.05) is 31.6 Å². The lowest BCUT2D eigenvalue weighted by atomic mass is 9.97. The van der Waals surface area contributed by atoms with Crippen LogP contribution in [0, 0.1) is 0 Å². The summed E-state index contributed by atoms with van der Waals surface area (Å²) in [7, 11) is 0. The summed E-state index contributed by atoms with van der Waals surface area (Å²) in [6.07, 6.45) is 5.69. The summed E-state index contributed by atoms with van der Waals surface area (Å²) >= 11 is 0. The Morgan fingerprint density at radius 2 is 2.43 bits per heavy atom. The first kappa shape index (κ1) is 15.6. The van der Waals surface area contributed by atoms with Crippen LogP contribution in [0.5, 0.6) is 0 Å². The number of aromatic nitrogens is 6. The number of tetrazole rings is 1. The van der Waals surface area contributed by atoms with Crippen molar-refractivity contribution in [2.75, 3.05) is 19.6 Å². The second kappa shape index (κ2) is 7.82. The first-order valence-corrected chi connectivity index (χ1v) is 8.04. The highest BCUT2D eigenvalue weighted by molar-refractivity contribution is 5.75. The summed E-state index contributed by atoms with van der Waals surface area (Å²) in [5.41, 5.74) is 1.07. The van der Waals surface area contributed by atoms with Gasteiger partial charge in [0.1, 0.15) is 6.54 Å². The Bertz CT molecular complexity index is 602. The maximum absolute atomic E-state index is 11.9. The maximum atomic E-state index is 11.9. The lowest BCUT2D eigenvalue weighted by Crippen LogP contribution is -2.30. The monoisotopic (exact) mass is 318 g/mol. The summed E-state index contributed by atoms with van der Waals surface area (Å²) in [5.74, 6) is 1.09. The average Bonchev–Trinajstić information content (AvgIpc) is 3.24. The van der Waals surface area contributed by atoms with Gasteiger partial charge in [0.15, 0.2) is 5.82 Å². The van der Waals surface area contributed by atoms with E-state index < -0.39 is 0 Å². The molecule has 1 saturated heterocycles. The quantitative estimate of drug-likeness (QED) is 0.599. The molecule has 1 aliphatic heterocycles. The molecule has 1 amide bonds. The van der Waals surface area contributed by atoms with Gasteiger partial charge in [0.25, 0.3) is 0 Å². The third kappa shape index (κ3) is 4.59. The molecular formula is C14H22N8O. The van der Waals surface area contributed by atoms with E-state index >= 15 is 0 Å². The van der Waals surface area contributed by atoms with Gasteiger partial charge in [-0.15, -0.1) is 10.2 Å². The Hall–Kier alpha value is -2.29. The van der Waals surface area contributed by atoms with Crippen LogP contribution in [0.4, 0.5) is 0 Å². The zero-order valence-electron chi connectivity index (χ0n) is 13.0. The topological polar surface area (TPSA) is 113 Å². The fourth-order valence-electron chi connectivity index (χ4n) is 2.75. The minimum absolute atomic E-state index is 0.0328. The fraction of sp³-hybridized carbons (Fsp3) is 0.643. The van der Waals surface area contributed by atoms with Crippen molar-refractivity contribution in [2.45, 2.75) is 38.1 Å². The predicted octanol–water partition coefficient (Wildman–Crippen LogP) is -0.388. The Morgan fingerprint density at radius 3 is 3.22 bits per heavy atom. The van der Waals surface area contributed by atoms with Crippen LogP contribution in [0.3, 0.4) is 0 Å². The van der Waals surface area contributed by atoms with Gasteiger partial charge in [-0.3, -0.25) is 9.48 Å². The molecule has 0 aliphatic carbocycles. The molecule has 2 aromatic rings. The van der Waals surface area contributed by atoms with Crippen molar-refractivity contribution in [3.8, 4) is 0 Å². The predicted molar refractivity (Wildman–Crippen MR) is 82.6 cm³/mol. The molecular weight excluding hydrogens is 296 g/mol. The van der Waals surface area contributed by atoms with Crippen LogP contribution < -0.4 is 10.6 Å². The SMILES string of the molecule is O=C(Cn1ccc([C@@H]2CCCNC2)n1)NCCCc1nn[nH]n1. The number of carbonyl (C=O) groups is 1. The molecule has 0 aromatic carbocycles. The van der Waals surface area contributed by atoms with E-state index in [9.17, 15) is 4.79 Å². The van der Waals surface area contributed by atoms with Crippen LogP contribution in [0.15, 0.2) is 12.3 Å². The Labute approximate surface area is 134 Å². The second-order valence-corrected chi connectivity index (χ2v) is 5.76. The molecule has 9 nitrogen and oxygen atoms in total. The number of hydrogen-bond acceptors (Lipinski definition) is 6. The van der Waals surface area contributed by atoms with Crippen LogP contribution in [-0.2, 0) is 17.8 Å². The van der Waals surface area contributed by atoms with Crippen molar-refractivity contribution in [3.63, 3.8) is 0 Å². The molecule has 23 heavy (non-hydrogen) atoms. The lowest BCUT2D eigenvalue weighted by molar-refractivity contribution is -0.121. The van der Waals surface area contributed by atoms with Gasteiger partial charge in [-0.1, -0.05) is 5.21 Å². The molecule has 1 atom stereocenters. The standard InChI is InChI=1S/C14H22N8O/c23-14(16-7-2-4-13-17-20-21-18-13)10-22-8-5-12(19-22)11-3-1-6-15-9-11/h5,8,11,15H,1-4,6-7,9-10H2,(H,16,23)(H,17,18,20,21)/t11-/m1/s1. The molecule has 2 aromatic heterocycles. The molecule has 0 unspecified atom stereocenters. The van der Waals surface area contributed by atoms with Crippen LogP contribution in [0.25, 0.3) is 0 Å². The number of carbonyl (C=O) groups excluding carboxylic acids is 1. The summed E-state index contributed by atoms with van der Waals surface area (Å²) in [6, 6.07) is 2.02. The van der Waals surface area contributed by atoms with Gasteiger partial charge in [-0.2, -0.15) is 10.3 Å². The maximum Gasteiger partial charge on any atom is 0.241 e. The number of H-pyrrole nitrogens is 1. The number of nitrogens with one attached hydrogen (secondary N) is 3. The van der Waals surface area contributed by atoms with Gasteiger partial charge >= 0.3 is 0 Å². The number of nitrogens with zero attached hydrogens (tertiary/aromatic N) is 5. The Morgan fingerprint density at radius 1 is 1.48 bits per heavy atom. The zero-order valence-corrected chi connectivity index (χ0v) is 13.0. The van der Waals surface area contributed by atoms with E-state index in [2.05, 4.69) is 36.4 Å². The number of rotatable bonds is 7. The van der Waals surface area contributed by atoms with Gasteiger partial charge in [0.05, 0.1) is 5.69 Å². The molecule has 0 bridgehead atoms. The van der Waals surface area contributed by atoms with Crippen LogP contribution in [0.2, 0.25) is 0 Å². The van der Waals surface area contributed by atoms with Gasteiger partial charge < -0.3 is 10.6 Å². The second-order valence-electron chi connectivity index (χ2n) is 5.76. The van der Waals surface area contributed by atoms with Crippen LogP contribution in [-0.4, -0.2) is 55.9 Å². The van der Waals surface area contributed by atoms with Gasteiger partial charge in [-0.25, -0.2) is 0 Å². The minimum Gasteiger partial charge on any atom is -0.354 e. The van der Waals surface area contributed by atoms with E-state index in [1.54, 1.807) is 4.68 Å². The zero-order chi connectivity index (χ0) is 15.9. The van der Waals surface area contributed by atoms with Crippen LogP contribution >= 0.6 is 0 Å². The summed E-state index contributed by atoms with van der Waals surface area (Å²) in [6.45, 7) is 2.90. The van der Waals surface area contributed by atoms with E-state index in [1.807, 2.05) is 12.3 Å². The summed E-state index contributed by atoms with van der Waals surface area (Å²) < 4.78 is 1.71. The first-order valence-electron chi connectivity index (χ1n) is 8.04.